The molecular formula is C11H23N3O. The summed E-state index contributed by atoms with van der Waals surface area (Å²) in [7, 11) is 1.71. The topological polar surface area (TPSA) is 50.9 Å². The highest BCUT2D eigenvalue weighted by Gasteiger charge is 2.30. The molecule has 0 heterocycles. The summed E-state index contributed by atoms with van der Waals surface area (Å²) in [5.74, 6) is 0.655. The summed E-state index contributed by atoms with van der Waals surface area (Å²) in [5, 5.41) is 0. The molecule has 0 spiro atoms. The fourth-order valence-electron chi connectivity index (χ4n) is 1.47. The van der Waals surface area contributed by atoms with E-state index in [0.717, 1.165) is 6.54 Å². The maximum atomic E-state index is 6.01. The van der Waals surface area contributed by atoms with Crippen molar-refractivity contribution in [1.29, 1.82) is 0 Å². The van der Waals surface area contributed by atoms with E-state index >= 15 is 0 Å². The van der Waals surface area contributed by atoms with Gasteiger partial charge in [0.05, 0.1) is 12.1 Å². The third-order valence-electron chi connectivity index (χ3n) is 2.27. The van der Waals surface area contributed by atoms with Crippen molar-refractivity contribution >= 4 is 5.96 Å². The zero-order valence-electron chi connectivity index (χ0n) is 10.3. The van der Waals surface area contributed by atoms with Gasteiger partial charge >= 0.3 is 0 Å². The van der Waals surface area contributed by atoms with Crippen LogP contribution >= 0.6 is 0 Å². The summed E-state index contributed by atoms with van der Waals surface area (Å²) >= 11 is 0. The third-order valence-corrected chi connectivity index (χ3v) is 2.27. The number of hydrogen-bond acceptors (Lipinski definition) is 2. The van der Waals surface area contributed by atoms with Crippen LogP contribution in [-0.4, -0.2) is 42.7 Å². The first-order chi connectivity index (χ1) is 6.94. The number of ether oxygens (including phenoxy) is 1. The Morgan fingerprint density at radius 1 is 1.47 bits per heavy atom. The lowest BCUT2D eigenvalue weighted by atomic mass is 10.1. The van der Waals surface area contributed by atoms with Gasteiger partial charge in [0.1, 0.15) is 0 Å². The molecule has 1 aliphatic rings. The van der Waals surface area contributed by atoms with Crippen LogP contribution in [0.15, 0.2) is 4.99 Å². The van der Waals surface area contributed by atoms with Gasteiger partial charge in [0.2, 0.25) is 0 Å². The van der Waals surface area contributed by atoms with Crippen molar-refractivity contribution < 1.29 is 4.74 Å². The van der Waals surface area contributed by atoms with Gasteiger partial charge in [0.15, 0.2) is 5.96 Å². The van der Waals surface area contributed by atoms with Crippen LogP contribution < -0.4 is 5.73 Å². The molecule has 0 aromatic heterocycles. The Labute approximate surface area is 92.5 Å². The molecule has 4 heteroatoms. The predicted molar refractivity (Wildman–Crippen MR) is 63.0 cm³/mol. The summed E-state index contributed by atoms with van der Waals surface area (Å²) in [5.41, 5.74) is 5.90. The number of hydrogen-bond donors (Lipinski definition) is 1. The molecule has 1 rings (SSSR count). The summed E-state index contributed by atoms with van der Waals surface area (Å²) in [4.78, 5) is 6.65. The molecule has 0 unspecified atom stereocenters. The second kappa shape index (κ2) is 4.84. The van der Waals surface area contributed by atoms with E-state index in [4.69, 9.17) is 10.5 Å². The number of rotatable bonds is 4. The normalized spacial score (nSPS) is 18.0. The van der Waals surface area contributed by atoms with Crippen molar-refractivity contribution in [1.82, 2.24) is 4.90 Å². The first-order valence-electron chi connectivity index (χ1n) is 5.55. The molecule has 0 bridgehead atoms. The second-order valence-electron chi connectivity index (χ2n) is 5.06. The highest BCUT2D eigenvalue weighted by atomic mass is 16.5. The molecule has 0 aromatic carbocycles. The van der Waals surface area contributed by atoms with Gasteiger partial charge in [-0.2, -0.15) is 0 Å². The molecule has 0 aromatic rings. The molecule has 4 nitrogen and oxygen atoms in total. The Morgan fingerprint density at radius 2 is 2.07 bits per heavy atom. The van der Waals surface area contributed by atoms with Crippen LogP contribution in [0.3, 0.4) is 0 Å². The lowest BCUT2D eigenvalue weighted by molar-refractivity contribution is 0.173. The molecule has 0 amide bonds. The van der Waals surface area contributed by atoms with Crippen molar-refractivity contribution in [2.24, 2.45) is 10.7 Å². The van der Waals surface area contributed by atoms with Crippen LogP contribution in [0.1, 0.15) is 33.6 Å². The summed E-state index contributed by atoms with van der Waals surface area (Å²) in [6, 6.07) is 0.589. The molecular weight excluding hydrogens is 190 g/mol. The van der Waals surface area contributed by atoms with Crippen LogP contribution in [0.4, 0.5) is 0 Å². The highest BCUT2D eigenvalue weighted by Crippen LogP contribution is 2.26. The van der Waals surface area contributed by atoms with E-state index < -0.39 is 0 Å². The molecule has 1 fully saturated rings. The van der Waals surface area contributed by atoms with Gasteiger partial charge < -0.3 is 15.4 Å². The zero-order chi connectivity index (χ0) is 11.5. The van der Waals surface area contributed by atoms with Gasteiger partial charge in [0.25, 0.3) is 0 Å². The number of methoxy groups -OCH3 is 1. The Balaban J connectivity index is 2.58. The van der Waals surface area contributed by atoms with E-state index in [1.165, 1.54) is 12.8 Å². The van der Waals surface area contributed by atoms with Crippen molar-refractivity contribution in [2.45, 2.75) is 45.2 Å². The fourth-order valence-corrected chi connectivity index (χ4v) is 1.47. The van der Waals surface area contributed by atoms with Gasteiger partial charge in [-0.1, -0.05) is 0 Å². The van der Waals surface area contributed by atoms with E-state index in [9.17, 15) is 0 Å². The average Bonchev–Trinajstić information content (AvgIpc) is 2.85. The predicted octanol–water partition coefficient (Wildman–Crippen LogP) is 1.21. The van der Waals surface area contributed by atoms with Crippen molar-refractivity contribution in [3.05, 3.63) is 0 Å². The molecule has 1 aliphatic carbocycles. The largest absolute Gasteiger partial charge is 0.383 e. The molecule has 0 atom stereocenters. The fraction of sp³-hybridized carbons (Fsp3) is 0.909. The van der Waals surface area contributed by atoms with Crippen molar-refractivity contribution in [2.75, 3.05) is 20.3 Å². The first-order valence-corrected chi connectivity index (χ1v) is 5.55. The summed E-state index contributed by atoms with van der Waals surface area (Å²) in [6.07, 6.45) is 2.45. The Morgan fingerprint density at radius 3 is 2.47 bits per heavy atom. The van der Waals surface area contributed by atoms with Gasteiger partial charge in [-0.3, -0.25) is 0 Å². The molecule has 2 N–H and O–H groups in total. The van der Waals surface area contributed by atoms with E-state index in [-0.39, 0.29) is 5.54 Å². The SMILES string of the molecule is COCCN(C(N)=NC(C)(C)C)C1CC1. The van der Waals surface area contributed by atoms with Crippen LogP contribution in [0.2, 0.25) is 0 Å². The van der Waals surface area contributed by atoms with E-state index in [1.54, 1.807) is 7.11 Å². The van der Waals surface area contributed by atoms with Gasteiger partial charge in [-0.05, 0) is 33.6 Å². The minimum Gasteiger partial charge on any atom is -0.383 e. The first kappa shape index (κ1) is 12.3. The smallest absolute Gasteiger partial charge is 0.192 e. The Bertz CT molecular complexity index is 228. The molecule has 0 saturated heterocycles. The number of guanidine groups is 1. The van der Waals surface area contributed by atoms with E-state index in [1.807, 2.05) is 0 Å². The van der Waals surface area contributed by atoms with Gasteiger partial charge in [0, 0.05) is 19.7 Å². The molecule has 0 radical (unpaired) electrons. The van der Waals surface area contributed by atoms with Crippen LogP contribution in [0, 0.1) is 0 Å². The summed E-state index contributed by atoms with van der Waals surface area (Å²) in [6.45, 7) is 7.72. The molecule has 0 aliphatic heterocycles. The van der Waals surface area contributed by atoms with Crippen molar-refractivity contribution in [3.63, 3.8) is 0 Å². The number of aliphatic imine (C=N–C) groups is 1. The standard InChI is InChI=1S/C11H23N3O/c1-11(2,3)13-10(12)14(7-8-15-4)9-5-6-9/h9H,5-8H2,1-4H3,(H2,12,13). The number of nitrogens with two attached hydrogens (primary N) is 1. The zero-order valence-corrected chi connectivity index (χ0v) is 10.3. The Kier molecular flexibility index (Phi) is 3.97. The van der Waals surface area contributed by atoms with Crippen LogP contribution in [0.5, 0.6) is 0 Å². The quantitative estimate of drug-likeness (QED) is 0.564. The summed E-state index contributed by atoms with van der Waals surface area (Å²) < 4.78 is 5.08. The Hall–Kier alpha value is -0.770. The highest BCUT2D eigenvalue weighted by molar-refractivity contribution is 5.79. The van der Waals surface area contributed by atoms with Gasteiger partial charge in [-0.25, -0.2) is 4.99 Å². The lowest BCUT2D eigenvalue weighted by Crippen LogP contribution is -2.42. The van der Waals surface area contributed by atoms with Crippen molar-refractivity contribution in [3.8, 4) is 0 Å². The third kappa shape index (κ3) is 4.51. The lowest BCUT2D eigenvalue weighted by Gasteiger charge is -2.25. The minimum atomic E-state index is -0.107. The molecule has 1 saturated carbocycles. The maximum Gasteiger partial charge on any atom is 0.192 e. The van der Waals surface area contributed by atoms with E-state index in [0.29, 0.717) is 18.6 Å². The second-order valence-corrected chi connectivity index (χ2v) is 5.06. The molecule has 15 heavy (non-hydrogen) atoms. The van der Waals surface area contributed by atoms with Gasteiger partial charge in [-0.15, -0.1) is 0 Å². The van der Waals surface area contributed by atoms with Crippen LogP contribution in [0.25, 0.3) is 0 Å². The molecule has 88 valence electrons. The van der Waals surface area contributed by atoms with Crippen LogP contribution in [-0.2, 0) is 4.74 Å². The average molecular weight is 213 g/mol. The minimum absolute atomic E-state index is 0.107. The number of nitrogens with zero attached hydrogens (tertiary/aromatic N) is 2. The maximum absolute atomic E-state index is 6.01. The van der Waals surface area contributed by atoms with E-state index in [2.05, 4.69) is 30.7 Å². The monoisotopic (exact) mass is 213 g/mol.